The highest BCUT2D eigenvalue weighted by atomic mass is 19.1. The van der Waals surface area contributed by atoms with Crippen molar-refractivity contribution in [3.63, 3.8) is 0 Å². The van der Waals surface area contributed by atoms with Gasteiger partial charge in [-0.1, -0.05) is 6.08 Å². The average Bonchev–Trinajstić information content (AvgIpc) is 2.68. The fraction of sp³-hybridized carbons (Fsp3) is 0.286. The second kappa shape index (κ2) is 4.00. The Hall–Kier alpha value is -1.61. The van der Waals surface area contributed by atoms with E-state index in [2.05, 4.69) is 17.6 Å². The van der Waals surface area contributed by atoms with Crippen LogP contribution >= 0.6 is 0 Å². The Kier molecular flexibility index (Phi) is 2.48. The van der Waals surface area contributed by atoms with Crippen LogP contribution in [0, 0.1) is 5.82 Å². The zero-order chi connectivity index (χ0) is 11.8. The van der Waals surface area contributed by atoms with Crippen molar-refractivity contribution >= 4 is 16.5 Å². The first-order chi connectivity index (χ1) is 8.25. The number of halogens is 1. The molecule has 2 heterocycles. The molecule has 1 aliphatic heterocycles. The van der Waals surface area contributed by atoms with E-state index in [0.717, 1.165) is 30.4 Å². The molecule has 0 fully saturated rings. The maximum absolute atomic E-state index is 13.2. The van der Waals surface area contributed by atoms with Gasteiger partial charge in [0.15, 0.2) is 0 Å². The van der Waals surface area contributed by atoms with Crippen molar-refractivity contribution in [2.75, 3.05) is 13.1 Å². The van der Waals surface area contributed by atoms with Crippen molar-refractivity contribution in [2.45, 2.75) is 6.42 Å². The Morgan fingerprint density at radius 1 is 1.35 bits per heavy atom. The Bertz CT molecular complexity index is 596. The summed E-state index contributed by atoms with van der Waals surface area (Å²) in [6, 6.07) is 5.01. The maximum atomic E-state index is 13.2. The van der Waals surface area contributed by atoms with Crippen molar-refractivity contribution < 1.29 is 4.39 Å². The summed E-state index contributed by atoms with van der Waals surface area (Å²) < 4.78 is 15.2. The molecular formula is C14H15FN2. The third-order valence-corrected chi connectivity index (χ3v) is 3.36. The van der Waals surface area contributed by atoms with E-state index in [1.54, 1.807) is 6.07 Å². The van der Waals surface area contributed by atoms with Gasteiger partial charge in [0.25, 0.3) is 0 Å². The molecule has 0 radical (unpaired) electrons. The lowest BCUT2D eigenvalue weighted by molar-refractivity contribution is 0.629. The van der Waals surface area contributed by atoms with Crippen molar-refractivity contribution in [2.24, 2.45) is 7.05 Å². The monoisotopic (exact) mass is 230 g/mol. The topological polar surface area (TPSA) is 17.0 Å². The summed E-state index contributed by atoms with van der Waals surface area (Å²) in [6.07, 6.45) is 5.36. The van der Waals surface area contributed by atoms with Crippen LogP contribution in [0.3, 0.4) is 0 Å². The molecular weight excluding hydrogens is 215 g/mol. The second-order valence-electron chi connectivity index (χ2n) is 4.50. The zero-order valence-electron chi connectivity index (χ0n) is 9.83. The van der Waals surface area contributed by atoms with Gasteiger partial charge in [-0.2, -0.15) is 0 Å². The van der Waals surface area contributed by atoms with Crippen molar-refractivity contribution in [3.05, 3.63) is 41.9 Å². The molecule has 17 heavy (non-hydrogen) atoms. The third kappa shape index (κ3) is 1.76. The molecule has 0 spiro atoms. The van der Waals surface area contributed by atoms with Crippen molar-refractivity contribution in [1.82, 2.24) is 9.88 Å². The van der Waals surface area contributed by atoms with Crippen LogP contribution in [0.5, 0.6) is 0 Å². The Morgan fingerprint density at radius 3 is 3.00 bits per heavy atom. The smallest absolute Gasteiger partial charge is 0.125 e. The Labute approximate surface area is 99.7 Å². The van der Waals surface area contributed by atoms with E-state index in [0.29, 0.717) is 0 Å². The molecule has 1 aliphatic rings. The molecule has 3 rings (SSSR count). The lowest BCUT2D eigenvalue weighted by Crippen LogP contribution is -2.19. The van der Waals surface area contributed by atoms with Crippen LogP contribution in [0.2, 0.25) is 0 Å². The summed E-state index contributed by atoms with van der Waals surface area (Å²) in [7, 11) is 1.97. The summed E-state index contributed by atoms with van der Waals surface area (Å²) in [5.74, 6) is -0.176. The molecule has 0 unspecified atom stereocenters. The average molecular weight is 230 g/mol. The van der Waals surface area contributed by atoms with Crippen molar-refractivity contribution in [1.29, 1.82) is 0 Å². The van der Waals surface area contributed by atoms with Gasteiger partial charge in [0, 0.05) is 30.7 Å². The number of rotatable bonds is 1. The minimum atomic E-state index is -0.176. The molecule has 3 heteroatoms. The van der Waals surface area contributed by atoms with Crippen LogP contribution in [-0.4, -0.2) is 17.7 Å². The Morgan fingerprint density at radius 2 is 2.24 bits per heavy atom. The van der Waals surface area contributed by atoms with Crippen LogP contribution < -0.4 is 5.32 Å². The fourth-order valence-corrected chi connectivity index (χ4v) is 2.48. The molecule has 1 N–H and O–H groups in total. The van der Waals surface area contributed by atoms with E-state index in [1.165, 1.54) is 17.2 Å². The minimum absolute atomic E-state index is 0.176. The number of hydrogen-bond acceptors (Lipinski definition) is 1. The van der Waals surface area contributed by atoms with Gasteiger partial charge in [0.1, 0.15) is 5.82 Å². The van der Waals surface area contributed by atoms with Crippen LogP contribution in [0.15, 0.2) is 30.5 Å². The molecule has 0 aliphatic carbocycles. The summed E-state index contributed by atoms with van der Waals surface area (Å²) in [5.41, 5.74) is 3.56. The number of fused-ring (bicyclic) bond motifs is 1. The van der Waals surface area contributed by atoms with Crippen LogP contribution in [0.4, 0.5) is 4.39 Å². The molecule has 1 aromatic carbocycles. The number of aryl methyl sites for hydroxylation is 1. The highest BCUT2D eigenvalue weighted by molar-refractivity contribution is 5.93. The first kappa shape index (κ1) is 10.5. The Balaban J connectivity index is 2.20. The molecule has 0 atom stereocenters. The lowest BCUT2D eigenvalue weighted by Gasteiger charge is -2.13. The van der Waals surface area contributed by atoms with Gasteiger partial charge in [0.05, 0.1) is 5.52 Å². The standard InChI is InChI=1S/C14H15FN2/c1-17-9-13(10-4-6-16-7-5-10)12-3-2-11(15)8-14(12)17/h2-4,8-9,16H,5-7H2,1H3. The predicted octanol–water partition coefficient (Wildman–Crippen LogP) is 2.69. The van der Waals surface area contributed by atoms with Crippen LogP contribution in [0.1, 0.15) is 12.0 Å². The van der Waals surface area contributed by atoms with Gasteiger partial charge in [-0.15, -0.1) is 0 Å². The quantitative estimate of drug-likeness (QED) is 0.797. The normalized spacial score (nSPS) is 16.2. The fourth-order valence-electron chi connectivity index (χ4n) is 2.48. The summed E-state index contributed by atoms with van der Waals surface area (Å²) in [4.78, 5) is 0. The van der Waals surface area contributed by atoms with E-state index >= 15 is 0 Å². The largest absolute Gasteiger partial charge is 0.350 e. The van der Waals surface area contributed by atoms with E-state index in [4.69, 9.17) is 0 Å². The van der Waals surface area contributed by atoms with Gasteiger partial charge >= 0.3 is 0 Å². The zero-order valence-corrected chi connectivity index (χ0v) is 9.83. The van der Waals surface area contributed by atoms with Gasteiger partial charge in [-0.25, -0.2) is 4.39 Å². The van der Waals surface area contributed by atoms with Gasteiger partial charge in [-0.05, 0) is 36.7 Å². The summed E-state index contributed by atoms with van der Waals surface area (Å²) >= 11 is 0. The summed E-state index contributed by atoms with van der Waals surface area (Å²) in [5, 5.41) is 4.45. The molecule has 0 amide bonds. The van der Waals surface area contributed by atoms with E-state index in [9.17, 15) is 4.39 Å². The minimum Gasteiger partial charge on any atom is -0.350 e. The first-order valence-electron chi connectivity index (χ1n) is 5.90. The van der Waals surface area contributed by atoms with Crippen molar-refractivity contribution in [3.8, 4) is 0 Å². The lowest BCUT2D eigenvalue weighted by atomic mass is 10.00. The maximum Gasteiger partial charge on any atom is 0.125 e. The van der Waals surface area contributed by atoms with E-state index < -0.39 is 0 Å². The predicted molar refractivity (Wildman–Crippen MR) is 68.3 cm³/mol. The third-order valence-electron chi connectivity index (χ3n) is 3.36. The summed E-state index contributed by atoms with van der Waals surface area (Å²) in [6.45, 7) is 1.94. The van der Waals surface area contributed by atoms with E-state index in [1.807, 2.05) is 17.7 Å². The van der Waals surface area contributed by atoms with Gasteiger partial charge in [-0.3, -0.25) is 0 Å². The highest BCUT2D eigenvalue weighted by Crippen LogP contribution is 2.29. The molecule has 0 bridgehead atoms. The van der Waals surface area contributed by atoms with Gasteiger partial charge in [0.2, 0.25) is 0 Å². The number of nitrogens with zero attached hydrogens (tertiary/aromatic N) is 1. The molecule has 88 valence electrons. The molecule has 0 saturated heterocycles. The highest BCUT2D eigenvalue weighted by Gasteiger charge is 2.12. The molecule has 1 aromatic heterocycles. The molecule has 2 aromatic rings. The van der Waals surface area contributed by atoms with Crippen LogP contribution in [-0.2, 0) is 7.05 Å². The SMILES string of the molecule is Cn1cc(C2=CCNCC2)c2ccc(F)cc21. The van der Waals surface area contributed by atoms with E-state index in [-0.39, 0.29) is 5.82 Å². The van der Waals surface area contributed by atoms with Gasteiger partial charge < -0.3 is 9.88 Å². The first-order valence-corrected chi connectivity index (χ1v) is 5.90. The van der Waals surface area contributed by atoms with Crippen LogP contribution in [0.25, 0.3) is 16.5 Å². The number of aromatic nitrogens is 1. The number of benzene rings is 1. The molecule has 0 saturated carbocycles. The number of nitrogens with one attached hydrogen (secondary N) is 1. The molecule has 2 nitrogen and oxygen atoms in total. The number of hydrogen-bond donors (Lipinski definition) is 1. The second-order valence-corrected chi connectivity index (χ2v) is 4.50.